The molecule has 2 N–H and O–H groups in total. The molecule has 1 saturated heterocycles. The third kappa shape index (κ3) is 2.25. The van der Waals surface area contributed by atoms with Gasteiger partial charge in [0.1, 0.15) is 0 Å². The van der Waals surface area contributed by atoms with Crippen LogP contribution in [0, 0.1) is 11.8 Å². The van der Waals surface area contributed by atoms with Crippen molar-refractivity contribution >= 4 is 0 Å². The van der Waals surface area contributed by atoms with Crippen molar-refractivity contribution in [2.24, 2.45) is 17.6 Å². The Hall–Kier alpha value is -0.600. The summed E-state index contributed by atoms with van der Waals surface area (Å²) < 4.78 is 0. The van der Waals surface area contributed by atoms with Gasteiger partial charge >= 0.3 is 0 Å². The van der Waals surface area contributed by atoms with Crippen LogP contribution in [0.2, 0.25) is 0 Å². The van der Waals surface area contributed by atoms with Gasteiger partial charge in [-0.3, -0.25) is 4.90 Å². The molecule has 14 heavy (non-hydrogen) atoms. The number of nitrogens with zero attached hydrogens (tertiary/aromatic N) is 1. The maximum atomic E-state index is 5.41. The molecular formula is C12H20N2. The van der Waals surface area contributed by atoms with Crippen LogP contribution >= 0.6 is 0 Å². The molecule has 0 aromatic heterocycles. The Morgan fingerprint density at radius 2 is 1.79 bits per heavy atom. The van der Waals surface area contributed by atoms with E-state index in [0.717, 1.165) is 18.4 Å². The van der Waals surface area contributed by atoms with E-state index in [2.05, 4.69) is 29.2 Å². The maximum Gasteiger partial charge on any atom is 0.0163 e. The normalized spacial score (nSPS) is 32.6. The Morgan fingerprint density at radius 1 is 1.14 bits per heavy atom. The summed E-state index contributed by atoms with van der Waals surface area (Å²) in [5.41, 5.74) is 5.41. The zero-order valence-corrected chi connectivity index (χ0v) is 8.73. The quantitative estimate of drug-likeness (QED) is 0.685. The van der Waals surface area contributed by atoms with E-state index in [1.165, 1.54) is 25.9 Å². The summed E-state index contributed by atoms with van der Waals surface area (Å²) in [6.45, 7) is 4.32. The number of likely N-dealkylation sites (tertiary alicyclic amines) is 1. The van der Waals surface area contributed by atoms with Gasteiger partial charge in [-0.25, -0.2) is 0 Å². The van der Waals surface area contributed by atoms with Gasteiger partial charge in [0.05, 0.1) is 0 Å². The Morgan fingerprint density at radius 3 is 2.36 bits per heavy atom. The van der Waals surface area contributed by atoms with E-state index in [4.69, 9.17) is 5.73 Å². The molecule has 2 heteroatoms. The molecule has 1 aliphatic heterocycles. The highest BCUT2D eigenvalue weighted by molar-refractivity contribution is 5.00. The monoisotopic (exact) mass is 192 g/mol. The Balaban J connectivity index is 1.80. The molecule has 78 valence electrons. The van der Waals surface area contributed by atoms with Gasteiger partial charge in [0.15, 0.2) is 0 Å². The van der Waals surface area contributed by atoms with Crippen LogP contribution in [0.3, 0.4) is 0 Å². The van der Waals surface area contributed by atoms with Crippen molar-refractivity contribution in [3.8, 4) is 0 Å². The van der Waals surface area contributed by atoms with Crippen molar-refractivity contribution in [2.45, 2.75) is 12.8 Å². The molecule has 0 aromatic carbocycles. The average molecular weight is 192 g/mol. The van der Waals surface area contributed by atoms with Crippen molar-refractivity contribution < 1.29 is 0 Å². The van der Waals surface area contributed by atoms with Crippen LogP contribution in [0.4, 0.5) is 0 Å². The minimum atomic E-state index is 0.669. The summed E-state index contributed by atoms with van der Waals surface area (Å²) in [6, 6.07) is 0. The van der Waals surface area contributed by atoms with E-state index in [0.29, 0.717) is 6.54 Å². The lowest BCUT2D eigenvalue weighted by Gasteiger charge is -2.18. The highest BCUT2D eigenvalue weighted by Gasteiger charge is 2.31. The molecular weight excluding hydrogens is 172 g/mol. The third-order valence-electron chi connectivity index (χ3n) is 3.36. The predicted molar refractivity (Wildman–Crippen MR) is 60.0 cm³/mol. The summed E-state index contributed by atoms with van der Waals surface area (Å²) in [5, 5.41) is 0. The highest BCUT2D eigenvalue weighted by Crippen LogP contribution is 2.32. The van der Waals surface area contributed by atoms with Crippen molar-refractivity contribution in [1.29, 1.82) is 0 Å². The van der Waals surface area contributed by atoms with E-state index in [1.54, 1.807) is 0 Å². The fraction of sp³-hybridized carbons (Fsp3) is 0.667. The number of hydrogen-bond donors (Lipinski definition) is 1. The van der Waals surface area contributed by atoms with Crippen LogP contribution in [-0.2, 0) is 0 Å². The first-order valence-electron chi connectivity index (χ1n) is 5.62. The molecule has 0 spiro atoms. The van der Waals surface area contributed by atoms with Crippen molar-refractivity contribution in [3.05, 3.63) is 24.3 Å². The van der Waals surface area contributed by atoms with Crippen LogP contribution < -0.4 is 5.73 Å². The molecule has 0 bridgehead atoms. The lowest BCUT2D eigenvalue weighted by molar-refractivity contribution is 0.357. The number of fused-ring (bicyclic) bond motifs is 1. The molecule has 0 saturated carbocycles. The van der Waals surface area contributed by atoms with Crippen LogP contribution in [0.1, 0.15) is 12.8 Å². The topological polar surface area (TPSA) is 29.3 Å². The van der Waals surface area contributed by atoms with Gasteiger partial charge in [-0.1, -0.05) is 24.3 Å². The van der Waals surface area contributed by atoms with Crippen LogP contribution in [0.25, 0.3) is 0 Å². The minimum Gasteiger partial charge on any atom is -0.327 e. The van der Waals surface area contributed by atoms with Gasteiger partial charge in [0, 0.05) is 26.2 Å². The minimum absolute atomic E-state index is 0.669. The van der Waals surface area contributed by atoms with E-state index < -0.39 is 0 Å². The van der Waals surface area contributed by atoms with Crippen LogP contribution in [-0.4, -0.2) is 31.1 Å². The first kappa shape index (κ1) is 9.94. The molecule has 0 radical (unpaired) electrons. The Labute approximate surface area is 86.5 Å². The number of nitrogens with two attached hydrogens (primary N) is 1. The summed E-state index contributed by atoms with van der Waals surface area (Å²) in [5.74, 6) is 1.84. The summed E-state index contributed by atoms with van der Waals surface area (Å²) in [6.07, 6.45) is 11.5. The fourth-order valence-corrected chi connectivity index (χ4v) is 2.58. The van der Waals surface area contributed by atoms with Crippen molar-refractivity contribution in [2.75, 3.05) is 26.2 Å². The lowest BCUT2D eigenvalue weighted by atomic mass is 9.86. The second-order valence-corrected chi connectivity index (χ2v) is 4.39. The molecule has 0 aromatic rings. The summed E-state index contributed by atoms with van der Waals surface area (Å²) in [7, 11) is 0. The molecule has 0 amide bonds. The van der Waals surface area contributed by atoms with Gasteiger partial charge in [-0.2, -0.15) is 0 Å². The van der Waals surface area contributed by atoms with E-state index in [1.807, 2.05) is 0 Å². The van der Waals surface area contributed by atoms with Crippen molar-refractivity contribution in [3.63, 3.8) is 0 Å². The zero-order valence-electron chi connectivity index (χ0n) is 8.73. The molecule has 0 unspecified atom stereocenters. The molecule has 1 aliphatic carbocycles. The van der Waals surface area contributed by atoms with E-state index >= 15 is 0 Å². The Bertz CT molecular complexity index is 216. The Kier molecular flexibility index (Phi) is 3.38. The molecule has 2 nitrogen and oxygen atoms in total. The SMILES string of the molecule is NC/C=C/CN1C[C@H]2CC=CC[C@H]2C1. The smallest absolute Gasteiger partial charge is 0.0163 e. The van der Waals surface area contributed by atoms with Gasteiger partial charge in [0.2, 0.25) is 0 Å². The largest absolute Gasteiger partial charge is 0.327 e. The average Bonchev–Trinajstić information content (AvgIpc) is 2.60. The summed E-state index contributed by atoms with van der Waals surface area (Å²) >= 11 is 0. The predicted octanol–water partition coefficient (Wildman–Crippen LogP) is 1.40. The first-order valence-corrected chi connectivity index (χ1v) is 5.62. The zero-order chi connectivity index (χ0) is 9.80. The lowest BCUT2D eigenvalue weighted by Crippen LogP contribution is -2.20. The molecule has 2 aliphatic rings. The number of allylic oxidation sites excluding steroid dienone is 2. The van der Waals surface area contributed by atoms with Crippen LogP contribution in [0.15, 0.2) is 24.3 Å². The van der Waals surface area contributed by atoms with Gasteiger partial charge in [0.25, 0.3) is 0 Å². The van der Waals surface area contributed by atoms with Crippen molar-refractivity contribution in [1.82, 2.24) is 4.90 Å². The third-order valence-corrected chi connectivity index (χ3v) is 3.36. The van der Waals surface area contributed by atoms with E-state index in [-0.39, 0.29) is 0 Å². The maximum absolute atomic E-state index is 5.41. The standard InChI is InChI=1S/C12H20N2/c13-7-3-4-8-14-9-11-5-1-2-6-12(11)10-14/h1-4,11-12H,5-10,13H2/b4-3+/t11-,12+. The molecule has 2 atom stereocenters. The van der Waals surface area contributed by atoms with Crippen LogP contribution in [0.5, 0.6) is 0 Å². The molecule has 1 heterocycles. The first-order chi connectivity index (χ1) is 6.90. The fourth-order valence-electron chi connectivity index (χ4n) is 2.58. The highest BCUT2D eigenvalue weighted by atomic mass is 15.1. The number of rotatable bonds is 3. The second kappa shape index (κ2) is 4.76. The molecule has 2 rings (SSSR count). The second-order valence-electron chi connectivity index (χ2n) is 4.39. The van der Waals surface area contributed by atoms with Gasteiger partial charge in [-0.05, 0) is 24.7 Å². The van der Waals surface area contributed by atoms with Gasteiger partial charge < -0.3 is 5.73 Å². The molecule has 1 fully saturated rings. The van der Waals surface area contributed by atoms with E-state index in [9.17, 15) is 0 Å². The summed E-state index contributed by atoms with van der Waals surface area (Å²) in [4.78, 5) is 2.55. The number of hydrogen-bond acceptors (Lipinski definition) is 2. The van der Waals surface area contributed by atoms with Gasteiger partial charge in [-0.15, -0.1) is 0 Å².